The van der Waals surface area contributed by atoms with Crippen molar-refractivity contribution in [1.29, 1.82) is 0 Å². The molecule has 4 amide bonds. The fourth-order valence-electron chi connectivity index (χ4n) is 3.37. The molecule has 6 nitrogen and oxygen atoms in total. The molecule has 0 bridgehead atoms. The summed E-state index contributed by atoms with van der Waals surface area (Å²) in [7, 11) is 0. The number of carbonyl (C=O) groups is 3. The molecule has 7 heteroatoms. The summed E-state index contributed by atoms with van der Waals surface area (Å²) in [6.45, 7) is -0.252. The lowest BCUT2D eigenvalue weighted by Gasteiger charge is -2.24. The second-order valence-corrected chi connectivity index (χ2v) is 7.62. The molecular weight excluding hydrogens is 421 g/mol. The summed E-state index contributed by atoms with van der Waals surface area (Å²) in [5.74, 6) is -0.627. The van der Waals surface area contributed by atoms with Crippen molar-refractivity contribution in [3.63, 3.8) is 0 Å². The molecular formula is C17H20IN3O3. The number of hydrogen-bond acceptors (Lipinski definition) is 3. The van der Waals surface area contributed by atoms with E-state index in [9.17, 15) is 14.4 Å². The highest BCUT2D eigenvalue weighted by Gasteiger charge is 2.51. The zero-order chi connectivity index (χ0) is 17.2. The van der Waals surface area contributed by atoms with E-state index in [1.807, 2.05) is 12.1 Å². The zero-order valence-corrected chi connectivity index (χ0v) is 15.5. The maximum absolute atomic E-state index is 12.7. The van der Waals surface area contributed by atoms with Crippen LogP contribution in [-0.4, -0.2) is 34.8 Å². The van der Waals surface area contributed by atoms with Crippen LogP contribution in [0.25, 0.3) is 0 Å². The lowest BCUT2D eigenvalue weighted by Crippen LogP contribution is -2.47. The SMILES string of the molecule is O=C(CN1C(=O)NC2(CCCCCC2)C1=O)Nc1ccc(I)cc1. The summed E-state index contributed by atoms with van der Waals surface area (Å²) in [6.07, 6.45) is 5.33. The summed E-state index contributed by atoms with van der Waals surface area (Å²) in [5.41, 5.74) is -0.145. The highest BCUT2D eigenvalue weighted by molar-refractivity contribution is 14.1. The molecule has 1 aliphatic heterocycles. The van der Waals surface area contributed by atoms with E-state index in [1.54, 1.807) is 12.1 Å². The summed E-state index contributed by atoms with van der Waals surface area (Å²) in [4.78, 5) is 38.2. The Balaban J connectivity index is 1.66. The molecule has 1 aromatic carbocycles. The number of halogens is 1. The van der Waals surface area contributed by atoms with Crippen LogP contribution in [0.1, 0.15) is 38.5 Å². The van der Waals surface area contributed by atoms with E-state index in [2.05, 4.69) is 33.2 Å². The minimum atomic E-state index is -0.795. The van der Waals surface area contributed by atoms with Crippen LogP contribution in [0.3, 0.4) is 0 Å². The molecule has 0 aromatic heterocycles. The highest BCUT2D eigenvalue weighted by atomic mass is 127. The van der Waals surface area contributed by atoms with Crippen LogP contribution in [0, 0.1) is 3.57 Å². The highest BCUT2D eigenvalue weighted by Crippen LogP contribution is 2.32. The number of carbonyl (C=O) groups excluding carboxylic acids is 3. The van der Waals surface area contributed by atoms with Gasteiger partial charge in [0.05, 0.1) is 0 Å². The van der Waals surface area contributed by atoms with Gasteiger partial charge in [0.1, 0.15) is 12.1 Å². The summed E-state index contributed by atoms with van der Waals surface area (Å²) >= 11 is 2.18. The van der Waals surface area contributed by atoms with E-state index in [0.717, 1.165) is 34.2 Å². The molecule has 1 saturated heterocycles. The Kier molecular flexibility index (Phi) is 5.07. The van der Waals surface area contributed by atoms with Gasteiger partial charge in [-0.3, -0.25) is 14.5 Å². The van der Waals surface area contributed by atoms with E-state index in [4.69, 9.17) is 0 Å². The summed E-state index contributed by atoms with van der Waals surface area (Å²) in [5, 5.41) is 5.57. The monoisotopic (exact) mass is 441 g/mol. The van der Waals surface area contributed by atoms with Crippen molar-refractivity contribution in [2.75, 3.05) is 11.9 Å². The Morgan fingerprint density at radius 1 is 1.12 bits per heavy atom. The standard InChI is InChI=1S/C17H20IN3O3/c18-12-5-7-13(8-6-12)19-14(22)11-21-15(23)17(20-16(21)24)9-3-1-2-4-10-17/h5-8H,1-4,9-11H2,(H,19,22)(H,20,24). The van der Waals surface area contributed by atoms with Gasteiger partial charge in [0, 0.05) is 9.26 Å². The number of hydrogen-bond donors (Lipinski definition) is 2. The van der Waals surface area contributed by atoms with Crippen LogP contribution in [-0.2, 0) is 9.59 Å². The number of urea groups is 1. The van der Waals surface area contributed by atoms with Crippen LogP contribution >= 0.6 is 22.6 Å². The minimum absolute atomic E-state index is 0.252. The van der Waals surface area contributed by atoms with E-state index in [0.29, 0.717) is 18.5 Å². The molecule has 0 unspecified atom stereocenters. The molecule has 1 heterocycles. The van der Waals surface area contributed by atoms with Gasteiger partial charge < -0.3 is 10.6 Å². The number of benzene rings is 1. The van der Waals surface area contributed by atoms with Crippen molar-refractivity contribution in [2.45, 2.75) is 44.1 Å². The average molecular weight is 441 g/mol. The predicted octanol–water partition coefficient (Wildman–Crippen LogP) is 2.87. The zero-order valence-electron chi connectivity index (χ0n) is 13.3. The van der Waals surface area contributed by atoms with Crippen LogP contribution in [0.15, 0.2) is 24.3 Å². The van der Waals surface area contributed by atoms with Gasteiger partial charge in [0.2, 0.25) is 5.91 Å². The van der Waals surface area contributed by atoms with Crippen molar-refractivity contribution in [3.05, 3.63) is 27.8 Å². The third-order valence-electron chi connectivity index (χ3n) is 4.63. The first-order valence-electron chi connectivity index (χ1n) is 8.20. The van der Waals surface area contributed by atoms with Gasteiger partial charge in [0.25, 0.3) is 5.91 Å². The van der Waals surface area contributed by atoms with Crippen molar-refractivity contribution in [1.82, 2.24) is 10.2 Å². The molecule has 2 fully saturated rings. The predicted molar refractivity (Wildman–Crippen MR) is 98.5 cm³/mol. The van der Waals surface area contributed by atoms with Gasteiger partial charge in [-0.05, 0) is 59.7 Å². The minimum Gasteiger partial charge on any atom is -0.325 e. The van der Waals surface area contributed by atoms with Crippen LogP contribution in [0.4, 0.5) is 10.5 Å². The largest absolute Gasteiger partial charge is 0.325 e. The van der Waals surface area contributed by atoms with Gasteiger partial charge >= 0.3 is 6.03 Å². The molecule has 1 saturated carbocycles. The lowest BCUT2D eigenvalue weighted by molar-refractivity contribution is -0.134. The Bertz CT molecular complexity index is 652. The van der Waals surface area contributed by atoms with E-state index >= 15 is 0 Å². The third kappa shape index (κ3) is 3.55. The first-order valence-corrected chi connectivity index (χ1v) is 9.28. The van der Waals surface area contributed by atoms with Crippen LogP contribution in [0.5, 0.6) is 0 Å². The summed E-state index contributed by atoms with van der Waals surface area (Å²) < 4.78 is 1.06. The van der Waals surface area contributed by atoms with Crippen molar-refractivity contribution < 1.29 is 14.4 Å². The number of rotatable bonds is 3. The Morgan fingerprint density at radius 3 is 2.38 bits per heavy atom. The van der Waals surface area contributed by atoms with Crippen molar-refractivity contribution in [3.8, 4) is 0 Å². The molecule has 2 aliphatic rings. The average Bonchev–Trinajstić information content (AvgIpc) is 2.73. The number of amides is 4. The number of anilines is 1. The van der Waals surface area contributed by atoms with E-state index in [-0.39, 0.29) is 18.4 Å². The van der Waals surface area contributed by atoms with Gasteiger partial charge in [-0.2, -0.15) is 0 Å². The molecule has 0 atom stereocenters. The molecule has 0 radical (unpaired) electrons. The molecule has 1 aromatic rings. The fourth-order valence-corrected chi connectivity index (χ4v) is 3.73. The fraction of sp³-hybridized carbons (Fsp3) is 0.471. The van der Waals surface area contributed by atoms with Gasteiger partial charge in [-0.25, -0.2) is 4.79 Å². The van der Waals surface area contributed by atoms with Gasteiger partial charge in [-0.1, -0.05) is 25.7 Å². The van der Waals surface area contributed by atoms with E-state index in [1.165, 1.54) is 0 Å². The number of nitrogens with zero attached hydrogens (tertiary/aromatic N) is 1. The molecule has 24 heavy (non-hydrogen) atoms. The smallest absolute Gasteiger partial charge is 0.325 e. The first kappa shape index (κ1) is 17.2. The second-order valence-electron chi connectivity index (χ2n) is 6.37. The first-order chi connectivity index (χ1) is 11.5. The Hall–Kier alpha value is -1.64. The number of imide groups is 1. The third-order valence-corrected chi connectivity index (χ3v) is 5.35. The van der Waals surface area contributed by atoms with Crippen LogP contribution in [0.2, 0.25) is 0 Å². The topological polar surface area (TPSA) is 78.5 Å². The lowest BCUT2D eigenvalue weighted by atomic mass is 9.90. The quantitative estimate of drug-likeness (QED) is 0.560. The van der Waals surface area contributed by atoms with Crippen LogP contribution < -0.4 is 10.6 Å². The van der Waals surface area contributed by atoms with Crippen molar-refractivity contribution >= 4 is 46.1 Å². The molecule has 1 spiro atoms. The second kappa shape index (κ2) is 7.08. The van der Waals surface area contributed by atoms with Crippen molar-refractivity contribution in [2.24, 2.45) is 0 Å². The molecule has 1 aliphatic carbocycles. The Labute approximate surface area is 154 Å². The van der Waals surface area contributed by atoms with Gasteiger partial charge in [-0.15, -0.1) is 0 Å². The molecule has 128 valence electrons. The summed E-state index contributed by atoms with van der Waals surface area (Å²) in [6, 6.07) is 6.88. The van der Waals surface area contributed by atoms with E-state index < -0.39 is 11.6 Å². The maximum Gasteiger partial charge on any atom is 0.325 e. The van der Waals surface area contributed by atoms with Gasteiger partial charge in [0.15, 0.2) is 0 Å². The normalized spacial score (nSPS) is 20.0. The molecule has 3 rings (SSSR count). The Morgan fingerprint density at radius 2 is 1.75 bits per heavy atom. The molecule has 2 N–H and O–H groups in total. The number of nitrogens with one attached hydrogen (secondary N) is 2. The maximum atomic E-state index is 12.7.